The van der Waals surface area contributed by atoms with Gasteiger partial charge in [0.15, 0.2) is 0 Å². The van der Waals surface area contributed by atoms with E-state index in [9.17, 15) is 4.39 Å². The number of halogens is 1. The summed E-state index contributed by atoms with van der Waals surface area (Å²) in [6, 6.07) is 0. The predicted octanol–water partition coefficient (Wildman–Crippen LogP) is 5.33. The van der Waals surface area contributed by atoms with Crippen molar-refractivity contribution in [3.05, 3.63) is 35.2 Å². The van der Waals surface area contributed by atoms with E-state index in [-0.39, 0.29) is 5.83 Å². The fourth-order valence-electron chi connectivity index (χ4n) is 2.09. The Morgan fingerprint density at radius 1 is 1.38 bits per heavy atom. The van der Waals surface area contributed by atoms with Gasteiger partial charge in [0.2, 0.25) is 0 Å². The molecule has 0 aliphatic heterocycles. The SMILES string of the molecule is C=C(C)[C@@H]1CC/C(C)=C/CC/C(C)=C(/F)C1. The van der Waals surface area contributed by atoms with E-state index in [1.807, 2.05) is 13.8 Å². The summed E-state index contributed by atoms with van der Waals surface area (Å²) < 4.78 is 13.9. The summed E-state index contributed by atoms with van der Waals surface area (Å²) in [6.45, 7) is 10.1. The van der Waals surface area contributed by atoms with Crippen molar-refractivity contribution >= 4 is 0 Å². The van der Waals surface area contributed by atoms with Crippen LogP contribution in [0.4, 0.5) is 4.39 Å². The molecule has 0 aromatic heterocycles. The molecule has 16 heavy (non-hydrogen) atoms. The highest BCUT2D eigenvalue weighted by Crippen LogP contribution is 2.29. The Hall–Kier alpha value is -0.850. The first-order chi connectivity index (χ1) is 7.50. The minimum absolute atomic E-state index is 0.0842. The monoisotopic (exact) mass is 222 g/mol. The van der Waals surface area contributed by atoms with Gasteiger partial charge in [0, 0.05) is 6.42 Å². The summed E-state index contributed by atoms with van der Waals surface area (Å²) >= 11 is 0. The highest BCUT2D eigenvalue weighted by Gasteiger charge is 2.15. The zero-order chi connectivity index (χ0) is 12.1. The van der Waals surface area contributed by atoms with Crippen LogP contribution in [0.1, 0.15) is 52.9 Å². The molecule has 0 saturated carbocycles. The van der Waals surface area contributed by atoms with Gasteiger partial charge in [0.25, 0.3) is 0 Å². The fourth-order valence-corrected chi connectivity index (χ4v) is 2.09. The van der Waals surface area contributed by atoms with E-state index >= 15 is 0 Å². The lowest BCUT2D eigenvalue weighted by Gasteiger charge is -2.18. The lowest BCUT2D eigenvalue weighted by Crippen LogP contribution is -2.04. The third kappa shape index (κ3) is 3.96. The first kappa shape index (κ1) is 13.2. The summed E-state index contributed by atoms with van der Waals surface area (Å²) in [5.74, 6) is 0.386. The highest BCUT2D eigenvalue weighted by molar-refractivity contribution is 5.13. The van der Waals surface area contributed by atoms with E-state index in [1.165, 1.54) is 5.57 Å². The van der Waals surface area contributed by atoms with Crippen LogP contribution in [0.25, 0.3) is 0 Å². The molecule has 0 bridgehead atoms. The van der Waals surface area contributed by atoms with Gasteiger partial charge in [-0.1, -0.05) is 23.8 Å². The Balaban J connectivity index is 2.84. The Bertz CT molecular complexity index is 320. The van der Waals surface area contributed by atoms with Crippen molar-refractivity contribution in [3.63, 3.8) is 0 Å². The van der Waals surface area contributed by atoms with Crippen LogP contribution in [0.15, 0.2) is 35.2 Å². The van der Waals surface area contributed by atoms with E-state index in [0.717, 1.165) is 36.8 Å². The zero-order valence-electron chi connectivity index (χ0n) is 10.8. The predicted molar refractivity (Wildman–Crippen MR) is 69.0 cm³/mol. The molecule has 90 valence electrons. The van der Waals surface area contributed by atoms with Crippen LogP contribution in [0.2, 0.25) is 0 Å². The third-order valence-electron chi connectivity index (χ3n) is 3.48. The maximum absolute atomic E-state index is 13.9. The Labute approximate surface area is 98.9 Å². The lowest BCUT2D eigenvalue weighted by atomic mass is 9.88. The van der Waals surface area contributed by atoms with Crippen LogP contribution in [-0.4, -0.2) is 0 Å². The molecule has 1 rings (SSSR count). The molecular formula is C15H23F. The van der Waals surface area contributed by atoms with E-state index in [0.29, 0.717) is 12.3 Å². The Kier molecular flexibility index (Phi) is 4.98. The summed E-state index contributed by atoms with van der Waals surface area (Å²) in [5.41, 5.74) is 3.45. The van der Waals surface area contributed by atoms with Gasteiger partial charge in [0.05, 0.1) is 5.83 Å². The van der Waals surface area contributed by atoms with Gasteiger partial charge in [-0.05, 0) is 57.9 Å². The molecule has 0 nitrogen and oxygen atoms in total. The Morgan fingerprint density at radius 3 is 2.69 bits per heavy atom. The number of hydrogen-bond donors (Lipinski definition) is 0. The van der Waals surface area contributed by atoms with Crippen LogP contribution in [0.3, 0.4) is 0 Å². The van der Waals surface area contributed by atoms with Crippen LogP contribution < -0.4 is 0 Å². The maximum atomic E-state index is 13.9. The second-order valence-electron chi connectivity index (χ2n) is 5.06. The first-order valence-electron chi connectivity index (χ1n) is 6.16. The molecule has 0 radical (unpaired) electrons. The second kappa shape index (κ2) is 6.03. The molecule has 0 N–H and O–H groups in total. The van der Waals surface area contributed by atoms with Gasteiger partial charge >= 0.3 is 0 Å². The average molecular weight is 222 g/mol. The molecule has 1 heteroatoms. The molecule has 0 aromatic rings. The van der Waals surface area contributed by atoms with Crippen molar-refractivity contribution in [1.29, 1.82) is 0 Å². The second-order valence-corrected chi connectivity index (χ2v) is 5.06. The van der Waals surface area contributed by atoms with Gasteiger partial charge in [-0.2, -0.15) is 0 Å². The highest BCUT2D eigenvalue weighted by atomic mass is 19.1. The molecule has 0 unspecified atom stereocenters. The fraction of sp³-hybridized carbons (Fsp3) is 0.600. The van der Waals surface area contributed by atoms with Crippen LogP contribution >= 0.6 is 0 Å². The average Bonchev–Trinajstić information content (AvgIpc) is 2.22. The third-order valence-corrected chi connectivity index (χ3v) is 3.48. The first-order valence-corrected chi connectivity index (χ1v) is 6.16. The van der Waals surface area contributed by atoms with Crippen molar-refractivity contribution in [2.24, 2.45) is 5.92 Å². The summed E-state index contributed by atoms with van der Waals surface area (Å²) in [4.78, 5) is 0. The molecule has 1 aliphatic rings. The van der Waals surface area contributed by atoms with Gasteiger partial charge in [-0.3, -0.25) is 0 Å². The van der Waals surface area contributed by atoms with E-state index in [1.54, 1.807) is 0 Å². The number of hydrogen-bond acceptors (Lipinski definition) is 0. The maximum Gasteiger partial charge on any atom is 0.0994 e. The van der Waals surface area contributed by atoms with Crippen molar-refractivity contribution in [2.75, 3.05) is 0 Å². The van der Waals surface area contributed by atoms with Crippen LogP contribution in [-0.2, 0) is 0 Å². The quantitative estimate of drug-likeness (QED) is 0.526. The van der Waals surface area contributed by atoms with E-state index in [2.05, 4.69) is 19.6 Å². The largest absolute Gasteiger partial charge is 0.212 e. The summed E-state index contributed by atoms with van der Waals surface area (Å²) in [7, 11) is 0. The van der Waals surface area contributed by atoms with Crippen molar-refractivity contribution < 1.29 is 4.39 Å². The smallest absolute Gasteiger partial charge is 0.0994 e. The molecular weight excluding hydrogens is 199 g/mol. The number of rotatable bonds is 1. The van der Waals surface area contributed by atoms with Gasteiger partial charge in [-0.15, -0.1) is 0 Å². The van der Waals surface area contributed by atoms with Crippen molar-refractivity contribution in [1.82, 2.24) is 0 Å². The lowest BCUT2D eigenvalue weighted by molar-refractivity contribution is 0.470. The van der Waals surface area contributed by atoms with Gasteiger partial charge in [0.1, 0.15) is 0 Å². The molecule has 0 saturated heterocycles. The van der Waals surface area contributed by atoms with Gasteiger partial charge in [-0.25, -0.2) is 4.39 Å². The Morgan fingerprint density at radius 2 is 2.06 bits per heavy atom. The molecule has 0 heterocycles. The van der Waals surface area contributed by atoms with E-state index in [4.69, 9.17) is 0 Å². The van der Waals surface area contributed by atoms with Crippen LogP contribution in [0.5, 0.6) is 0 Å². The molecule has 0 spiro atoms. The zero-order valence-corrected chi connectivity index (χ0v) is 10.8. The summed E-state index contributed by atoms with van der Waals surface area (Å²) in [6.07, 6.45) is 6.73. The molecule has 0 amide bonds. The molecule has 0 aromatic carbocycles. The standard InChI is InChI=1S/C15H23F/c1-11(2)14-9-8-12(3)6-5-7-13(4)15(16)10-14/h6,14H,1,5,7-10H2,2-4H3/b12-6+,15-13+/t14-/m1/s1. The van der Waals surface area contributed by atoms with E-state index < -0.39 is 0 Å². The van der Waals surface area contributed by atoms with Crippen molar-refractivity contribution in [2.45, 2.75) is 52.9 Å². The molecule has 0 fully saturated rings. The normalized spacial score (nSPS) is 31.8. The molecule has 1 atom stereocenters. The van der Waals surface area contributed by atoms with Gasteiger partial charge < -0.3 is 0 Å². The number of allylic oxidation sites excluding steroid dienone is 5. The molecule has 1 aliphatic carbocycles. The minimum Gasteiger partial charge on any atom is -0.212 e. The van der Waals surface area contributed by atoms with Crippen molar-refractivity contribution in [3.8, 4) is 0 Å². The topological polar surface area (TPSA) is 0 Å². The van der Waals surface area contributed by atoms with Crippen LogP contribution in [0, 0.1) is 5.92 Å². The summed E-state index contributed by atoms with van der Waals surface area (Å²) in [5, 5.41) is 0. The minimum atomic E-state index is 0.0842.